The Morgan fingerprint density at radius 2 is 2.10 bits per heavy atom. The van der Waals surface area contributed by atoms with Gasteiger partial charge in [-0.3, -0.25) is 9.58 Å². The SMILES string of the molecule is Fc1ccc2nc(CN3CC(n4cc(Br)cn4)C3)cn2c1. The Bertz CT molecular complexity index is 790. The van der Waals surface area contributed by atoms with E-state index in [0.29, 0.717) is 6.04 Å². The van der Waals surface area contributed by atoms with Gasteiger partial charge in [-0.05, 0) is 28.1 Å². The maximum atomic E-state index is 13.2. The van der Waals surface area contributed by atoms with E-state index < -0.39 is 0 Å². The van der Waals surface area contributed by atoms with Crippen LogP contribution in [-0.4, -0.2) is 37.2 Å². The fourth-order valence-electron chi connectivity index (χ4n) is 2.68. The van der Waals surface area contributed by atoms with Crippen LogP contribution in [0.5, 0.6) is 0 Å². The summed E-state index contributed by atoms with van der Waals surface area (Å²) in [6.45, 7) is 2.69. The summed E-state index contributed by atoms with van der Waals surface area (Å²) in [6.07, 6.45) is 7.14. The molecule has 4 heterocycles. The minimum Gasteiger partial charge on any atom is -0.304 e. The molecule has 0 unspecified atom stereocenters. The van der Waals surface area contributed by atoms with Crippen LogP contribution in [0.3, 0.4) is 0 Å². The van der Waals surface area contributed by atoms with Crippen LogP contribution in [0.2, 0.25) is 0 Å². The number of rotatable bonds is 3. The van der Waals surface area contributed by atoms with Gasteiger partial charge in [-0.1, -0.05) is 0 Å². The standard InChI is InChI=1S/C14H13BrFN5/c15-10-3-17-21(4-10)13-8-19(9-13)6-12-7-20-5-11(16)1-2-14(20)18-12/h1-5,7,13H,6,8-9H2. The maximum Gasteiger partial charge on any atom is 0.139 e. The Morgan fingerprint density at radius 3 is 2.86 bits per heavy atom. The van der Waals surface area contributed by atoms with Crippen LogP contribution in [0, 0.1) is 5.82 Å². The Kier molecular flexibility index (Phi) is 3.04. The summed E-state index contributed by atoms with van der Waals surface area (Å²) >= 11 is 3.41. The van der Waals surface area contributed by atoms with Crippen LogP contribution < -0.4 is 0 Å². The number of hydrogen-bond acceptors (Lipinski definition) is 3. The van der Waals surface area contributed by atoms with E-state index in [-0.39, 0.29) is 5.82 Å². The Morgan fingerprint density at radius 1 is 1.24 bits per heavy atom. The highest BCUT2D eigenvalue weighted by Gasteiger charge is 2.29. The molecule has 7 heteroatoms. The molecule has 0 atom stereocenters. The van der Waals surface area contributed by atoms with Gasteiger partial charge in [0.1, 0.15) is 11.5 Å². The van der Waals surface area contributed by atoms with Crippen molar-refractivity contribution in [2.75, 3.05) is 13.1 Å². The number of hydrogen-bond donors (Lipinski definition) is 0. The second-order valence-corrected chi connectivity index (χ2v) is 6.25. The molecule has 0 radical (unpaired) electrons. The summed E-state index contributed by atoms with van der Waals surface area (Å²) in [7, 11) is 0. The van der Waals surface area contributed by atoms with Crippen molar-refractivity contribution in [3.8, 4) is 0 Å². The summed E-state index contributed by atoms with van der Waals surface area (Å²) in [4.78, 5) is 6.81. The number of pyridine rings is 1. The van der Waals surface area contributed by atoms with Gasteiger partial charge in [0.2, 0.25) is 0 Å². The van der Waals surface area contributed by atoms with E-state index in [2.05, 4.69) is 30.9 Å². The molecule has 21 heavy (non-hydrogen) atoms. The van der Waals surface area contributed by atoms with Gasteiger partial charge < -0.3 is 4.40 Å². The predicted octanol–water partition coefficient (Wildman–Crippen LogP) is 2.49. The first-order chi connectivity index (χ1) is 10.2. The molecule has 5 nitrogen and oxygen atoms in total. The number of nitrogens with zero attached hydrogens (tertiary/aromatic N) is 5. The molecular weight excluding hydrogens is 337 g/mol. The quantitative estimate of drug-likeness (QED) is 0.729. The molecule has 3 aromatic rings. The van der Waals surface area contributed by atoms with Gasteiger partial charge in [0.15, 0.2) is 0 Å². The minimum absolute atomic E-state index is 0.250. The van der Waals surface area contributed by atoms with Gasteiger partial charge in [-0.25, -0.2) is 9.37 Å². The molecule has 0 amide bonds. The van der Waals surface area contributed by atoms with Crippen molar-refractivity contribution < 1.29 is 4.39 Å². The fourth-order valence-corrected chi connectivity index (χ4v) is 2.98. The molecule has 4 rings (SSSR count). The zero-order chi connectivity index (χ0) is 14.4. The van der Waals surface area contributed by atoms with Crippen LogP contribution in [-0.2, 0) is 6.54 Å². The van der Waals surface area contributed by atoms with Crippen molar-refractivity contribution in [1.29, 1.82) is 0 Å². The zero-order valence-electron chi connectivity index (χ0n) is 11.2. The van der Waals surface area contributed by atoms with E-state index in [0.717, 1.165) is 35.4 Å². The largest absolute Gasteiger partial charge is 0.304 e. The summed E-state index contributed by atoms with van der Waals surface area (Å²) in [5.41, 5.74) is 1.74. The molecule has 108 valence electrons. The third-order valence-corrected chi connectivity index (χ3v) is 4.14. The van der Waals surface area contributed by atoms with Crippen molar-refractivity contribution in [2.45, 2.75) is 12.6 Å². The van der Waals surface area contributed by atoms with E-state index in [1.807, 2.05) is 17.1 Å². The first-order valence-corrected chi connectivity index (χ1v) is 7.52. The van der Waals surface area contributed by atoms with E-state index in [9.17, 15) is 4.39 Å². The Hall–Kier alpha value is -1.73. The number of aromatic nitrogens is 4. The second kappa shape index (κ2) is 4.92. The van der Waals surface area contributed by atoms with E-state index in [4.69, 9.17) is 0 Å². The van der Waals surface area contributed by atoms with Gasteiger partial charge in [0.05, 0.1) is 22.4 Å². The molecule has 1 aliphatic heterocycles. The molecule has 3 aromatic heterocycles. The summed E-state index contributed by atoms with van der Waals surface area (Å²) < 4.78 is 17.9. The molecule has 0 spiro atoms. The first-order valence-electron chi connectivity index (χ1n) is 6.72. The topological polar surface area (TPSA) is 38.4 Å². The van der Waals surface area contributed by atoms with Crippen LogP contribution in [0.4, 0.5) is 4.39 Å². The van der Waals surface area contributed by atoms with E-state index in [1.54, 1.807) is 16.7 Å². The molecule has 1 aliphatic rings. The lowest BCUT2D eigenvalue weighted by molar-refractivity contribution is 0.0897. The number of halogens is 2. The minimum atomic E-state index is -0.250. The Balaban J connectivity index is 1.42. The maximum absolute atomic E-state index is 13.2. The van der Waals surface area contributed by atoms with Gasteiger partial charge in [-0.2, -0.15) is 5.10 Å². The number of likely N-dealkylation sites (tertiary alicyclic amines) is 1. The molecule has 1 saturated heterocycles. The molecule has 0 aromatic carbocycles. The molecule has 0 aliphatic carbocycles. The lowest BCUT2D eigenvalue weighted by Gasteiger charge is -2.38. The van der Waals surface area contributed by atoms with Crippen molar-refractivity contribution in [2.24, 2.45) is 0 Å². The highest BCUT2D eigenvalue weighted by atomic mass is 79.9. The van der Waals surface area contributed by atoms with Crippen molar-refractivity contribution >= 4 is 21.6 Å². The third-order valence-electron chi connectivity index (χ3n) is 3.73. The predicted molar refractivity (Wildman–Crippen MR) is 79.4 cm³/mol. The lowest BCUT2D eigenvalue weighted by Crippen LogP contribution is -2.47. The lowest BCUT2D eigenvalue weighted by atomic mass is 10.1. The first kappa shape index (κ1) is 13.0. The van der Waals surface area contributed by atoms with E-state index >= 15 is 0 Å². The van der Waals surface area contributed by atoms with Gasteiger partial charge >= 0.3 is 0 Å². The zero-order valence-corrected chi connectivity index (χ0v) is 12.7. The van der Waals surface area contributed by atoms with E-state index in [1.165, 1.54) is 12.3 Å². The molecule has 1 fully saturated rings. The van der Waals surface area contributed by atoms with Crippen molar-refractivity contribution in [3.05, 3.63) is 52.9 Å². The second-order valence-electron chi connectivity index (χ2n) is 5.33. The van der Waals surface area contributed by atoms with Gasteiger partial charge in [0, 0.05) is 38.2 Å². The molecule has 0 bridgehead atoms. The molecular formula is C14H13BrFN5. The number of imidazole rings is 1. The van der Waals surface area contributed by atoms with Gasteiger partial charge in [-0.15, -0.1) is 0 Å². The normalized spacial score (nSPS) is 16.5. The highest BCUT2D eigenvalue weighted by Crippen LogP contribution is 2.23. The Labute approximate surface area is 129 Å². The van der Waals surface area contributed by atoms with Gasteiger partial charge in [0.25, 0.3) is 0 Å². The molecule has 0 N–H and O–H groups in total. The highest BCUT2D eigenvalue weighted by molar-refractivity contribution is 9.10. The van der Waals surface area contributed by atoms with Crippen LogP contribution in [0.25, 0.3) is 5.65 Å². The summed E-state index contributed by atoms with van der Waals surface area (Å²) in [5.74, 6) is -0.250. The summed E-state index contributed by atoms with van der Waals surface area (Å²) in [6, 6.07) is 3.55. The third kappa shape index (κ3) is 2.47. The van der Waals surface area contributed by atoms with Crippen molar-refractivity contribution in [1.82, 2.24) is 24.1 Å². The average Bonchev–Trinajstić information content (AvgIpc) is 2.98. The monoisotopic (exact) mass is 349 g/mol. The van der Waals surface area contributed by atoms with Crippen molar-refractivity contribution in [3.63, 3.8) is 0 Å². The fraction of sp³-hybridized carbons (Fsp3) is 0.286. The summed E-state index contributed by atoms with van der Waals surface area (Å²) in [5, 5.41) is 4.31. The van der Waals surface area contributed by atoms with Crippen LogP contribution >= 0.6 is 15.9 Å². The van der Waals surface area contributed by atoms with Crippen LogP contribution in [0.15, 0.2) is 41.4 Å². The number of fused-ring (bicyclic) bond motifs is 1. The molecule has 0 saturated carbocycles. The van der Waals surface area contributed by atoms with Crippen LogP contribution in [0.1, 0.15) is 11.7 Å². The average molecular weight is 350 g/mol. The smallest absolute Gasteiger partial charge is 0.139 e.